The number of amides is 1. The molecule has 0 unspecified atom stereocenters. The molecule has 0 spiro atoms. The lowest BCUT2D eigenvalue weighted by molar-refractivity contribution is -0.120. The van der Waals surface area contributed by atoms with Crippen molar-refractivity contribution >= 4 is 5.91 Å². The zero-order valence-electron chi connectivity index (χ0n) is 8.95. The maximum absolute atomic E-state index is 11.5. The number of nitrogens with one attached hydrogen (secondary N) is 3. The highest BCUT2D eigenvalue weighted by atomic mass is 16.1. The number of rotatable bonds is 4. The first-order valence-electron chi connectivity index (χ1n) is 4.99. The molecule has 2 rings (SSSR count). The Balaban J connectivity index is 1.82. The van der Waals surface area contributed by atoms with E-state index in [4.69, 9.17) is 0 Å². The molecular weight excluding hydrogens is 206 g/mol. The minimum atomic E-state index is -0.0372. The SMILES string of the molecule is Cc1[nH]ncc1CNC(=O)Cc1ccn[nH]1. The van der Waals surface area contributed by atoms with Gasteiger partial charge in [-0.1, -0.05) is 0 Å². The molecule has 6 heteroatoms. The first-order valence-corrected chi connectivity index (χ1v) is 4.99. The van der Waals surface area contributed by atoms with Crippen LogP contribution < -0.4 is 5.32 Å². The van der Waals surface area contributed by atoms with Gasteiger partial charge in [0.05, 0.1) is 12.6 Å². The normalized spacial score (nSPS) is 10.3. The fourth-order valence-corrected chi connectivity index (χ4v) is 1.37. The van der Waals surface area contributed by atoms with Gasteiger partial charge >= 0.3 is 0 Å². The van der Waals surface area contributed by atoms with Gasteiger partial charge in [0.2, 0.25) is 5.91 Å². The van der Waals surface area contributed by atoms with E-state index in [1.54, 1.807) is 18.5 Å². The van der Waals surface area contributed by atoms with Crippen molar-refractivity contribution in [1.29, 1.82) is 0 Å². The minimum Gasteiger partial charge on any atom is -0.352 e. The highest BCUT2D eigenvalue weighted by molar-refractivity contribution is 5.78. The topological polar surface area (TPSA) is 86.5 Å². The van der Waals surface area contributed by atoms with Gasteiger partial charge in [-0.05, 0) is 13.0 Å². The number of aromatic amines is 2. The van der Waals surface area contributed by atoms with Crippen LogP contribution in [0.1, 0.15) is 17.0 Å². The first-order chi connectivity index (χ1) is 7.75. The van der Waals surface area contributed by atoms with Crippen LogP contribution in [0.2, 0.25) is 0 Å². The molecule has 2 aromatic heterocycles. The molecule has 0 aliphatic carbocycles. The quantitative estimate of drug-likeness (QED) is 0.691. The summed E-state index contributed by atoms with van der Waals surface area (Å²) in [5.41, 5.74) is 2.78. The Kier molecular flexibility index (Phi) is 3.00. The van der Waals surface area contributed by atoms with Crippen molar-refractivity contribution < 1.29 is 4.79 Å². The molecule has 0 saturated carbocycles. The zero-order chi connectivity index (χ0) is 11.4. The molecule has 0 saturated heterocycles. The summed E-state index contributed by atoms with van der Waals surface area (Å²) in [6, 6.07) is 1.78. The van der Waals surface area contributed by atoms with Crippen molar-refractivity contribution in [2.45, 2.75) is 19.9 Å². The lowest BCUT2D eigenvalue weighted by Gasteiger charge is -2.02. The lowest BCUT2D eigenvalue weighted by Crippen LogP contribution is -2.24. The number of aryl methyl sites for hydroxylation is 1. The summed E-state index contributed by atoms with van der Waals surface area (Å²) in [7, 11) is 0. The summed E-state index contributed by atoms with van der Waals surface area (Å²) < 4.78 is 0. The Morgan fingerprint density at radius 2 is 2.31 bits per heavy atom. The van der Waals surface area contributed by atoms with E-state index in [9.17, 15) is 4.79 Å². The molecule has 2 aromatic rings. The summed E-state index contributed by atoms with van der Waals surface area (Å²) in [5, 5.41) is 16.0. The molecule has 16 heavy (non-hydrogen) atoms. The predicted molar refractivity (Wildman–Crippen MR) is 57.5 cm³/mol. The average Bonchev–Trinajstić information content (AvgIpc) is 2.87. The van der Waals surface area contributed by atoms with Crippen LogP contribution in [-0.4, -0.2) is 26.3 Å². The molecular formula is C10H13N5O. The summed E-state index contributed by atoms with van der Waals surface area (Å²) in [6.07, 6.45) is 3.66. The molecule has 1 amide bonds. The van der Waals surface area contributed by atoms with Gasteiger partial charge in [0.15, 0.2) is 0 Å². The minimum absolute atomic E-state index is 0.0372. The van der Waals surface area contributed by atoms with E-state index in [2.05, 4.69) is 25.7 Å². The number of nitrogens with zero attached hydrogens (tertiary/aromatic N) is 2. The van der Waals surface area contributed by atoms with Crippen LogP contribution in [0.5, 0.6) is 0 Å². The lowest BCUT2D eigenvalue weighted by atomic mass is 10.2. The molecule has 0 bridgehead atoms. The van der Waals surface area contributed by atoms with E-state index in [-0.39, 0.29) is 5.91 Å². The highest BCUT2D eigenvalue weighted by Gasteiger charge is 2.05. The van der Waals surface area contributed by atoms with Gasteiger partial charge in [-0.3, -0.25) is 15.0 Å². The van der Waals surface area contributed by atoms with Crippen LogP contribution in [0.3, 0.4) is 0 Å². The van der Waals surface area contributed by atoms with E-state index < -0.39 is 0 Å². The molecule has 84 valence electrons. The number of aromatic nitrogens is 4. The summed E-state index contributed by atoms with van der Waals surface area (Å²) in [6.45, 7) is 2.42. The Hall–Kier alpha value is -2.11. The van der Waals surface area contributed by atoms with Crippen LogP contribution in [0.15, 0.2) is 18.5 Å². The van der Waals surface area contributed by atoms with Crippen molar-refractivity contribution in [3.05, 3.63) is 35.4 Å². The standard InChI is InChI=1S/C10H13N5O/c1-7-8(6-13-14-7)5-11-10(16)4-9-2-3-12-15-9/h2-3,6H,4-5H2,1H3,(H,11,16)(H,12,15)(H,13,14). The van der Waals surface area contributed by atoms with Gasteiger partial charge in [0, 0.05) is 29.7 Å². The molecule has 0 aromatic carbocycles. The van der Waals surface area contributed by atoms with Crippen molar-refractivity contribution in [3.63, 3.8) is 0 Å². The van der Waals surface area contributed by atoms with Crippen LogP contribution in [0, 0.1) is 6.92 Å². The first kappa shape index (κ1) is 10.4. The Morgan fingerprint density at radius 1 is 1.44 bits per heavy atom. The van der Waals surface area contributed by atoms with E-state index in [0.717, 1.165) is 17.0 Å². The van der Waals surface area contributed by atoms with Gasteiger partial charge < -0.3 is 5.32 Å². The van der Waals surface area contributed by atoms with Crippen molar-refractivity contribution in [2.24, 2.45) is 0 Å². The van der Waals surface area contributed by atoms with Gasteiger partial charge in [0.25, 0.3) is 0 Å². The third-order valence-corrected chi connectivity index (χ3v) is 2.32. The molecule has 0 atom stereocenters. The van der Waals surface area contributed by atoms with E-state index in [1.165, 1.54) is 0 Å². The third kappa shape index (κ3) is 2.47. The smallest absolute Gasteiger partial charge is 0.226 e. The maximum atomic E-state index is 11.5. The van der Waals surface area contributed by atoms with Crippen molar-refractivity contribution in [1.82, 2.24) is 25.7 Å². The largest absolute Gasteiger partial charge is 0.352 e. The number of H-pyrrole nitrogens is 2. The predicted octanol–water partition coefficient (Wildman–Crippen LogP) is 0.300. The Bertz CT molecular complexity index is 459. The number of carbonyl (C=O) groups is 1. The van der Waals surface area contributed by atoms with E-state index in [0.29, 0.717) is 13.0 Å². The fourth-order valence-electron chi connectivity index (χ4n) is 1.37. The number of carbonyl (C=O) groups excluding carboxylic acids is 1. The van der Waals surface area contributed by atoms with Crippen molar-refractivity contribution in [2.75, 3.05) is 0 Å². The Morgan fingerprint density at radius 3 is 2.94 bits per heavy atom. The van der Waals surface area contributed by atoms with Crippen LogP contribution in [0.25, 0.3) is 0 Å². The van der Waals surface area contributed by atoms with Crippen molar-refractivity contribution in [3.8, 4) is 0 Å². The van der Waals surface area contributed by atoms with Crippen LogP contribution in [-0.2, 0) is 17.8 Å². The summed E-state index contributed by atoms with van der Waals surface area (Å²) in [4.78, 5) is 11.5. The van der Waals surface area contributed by atoms with Gasteiger partial charge in [-0.25, -0.2) is 0 Å². The van der Waals surface area contributed by atoms with Gasteiger partial charge in [-0.2, -0.15) is 10.2 Å². The third-order valence-electron chi connectivity index (χ3n) is 2.32. The second kappa shape index (κ2) is 4.61. The summed E-state index contributed by atoms with van der Waals surface area (Å²) in [5.74, 6) is -0.0372. The highest BCUT2D eigenvalue weighted by Crippen LogP contribution is 2.01. The Labute approximate surface area is 92.5 Å². The van der Waals surface area contributed by atoms with E-state index >= 15 is 0 Å². The fraction of sp³-hybridized carbons (Fsp3) is 0.300. The molecule has 0 aliphatic heterocycles. The second-order valence-corrected chi connectivity index (χ2v) is 3.56. The molecule has 6 nitrogen and oxygen atoms in total. The number of hydrogen-bond acceptors (Lipinski definition) is 3. The monoisotopic (exact) mass is 219 g/mol. The molecule has 0 aliphatic rings. The molecule has 0 fully saturated rings. The number of hydrogen-bond donors (Lipinski definition) is 3. The maximum Gasteiger partial charge on any atom is 0.226 e. The molecule has 3 N–H and O–H groups in total. The van der Waals surface area contributed by atoms with E-state index in [1.807, 2.05) is 6.92 Å². The van der Waals surface area contributed by atoms with Crippen LogP contribution in [0.4, 0.5) is 0 Å². The second-order valence-electron chi connectivity index (χ2n) is 3.56. The zero-order valence-corrected chi connectivity index (χ0v) is 8.95. The van der Waals surface area contributed by atoms with Gasteiger partial charge in [0.1, 0.15) is 0 Å². The van der Waals surface area contributed by atoms with Crippen LogP contribution >= 0.6 is 0 Å². The molecule has 0 radical (unpaired) electrons. The average molecular weight is 219 g/mol. The summed E-state index contributed by atoms with van der Waals surface area (Å²) >= 11 is 0. The van der Waals surface area contributed by atoms with Gasteiger partial charge in [-0.15, -0.1) is 0 Å². The molecule has 2 heterocycles.